The highest BCUT2D eigenvalue weighted by Gasteiger charge is 2.38. The summed E-state index contributed by atoms with van der Waals surface area (Å²) in [5.41, 5.74) is 7.28. The third kappa shape index (κ3) is 7.54. The molecule has 6 aromatic rings. The zero-order valence-corrected chi connectivity index (χ0v) is 28.2. The number of amides is 1. The van der Waals surface area contributed by atoms with E-state index in [0.717, 1.165) is 43.6 Å². The average Bonchev–Trinajstić information content (AvgIpc) is 3.17. The van der Waals surface area contributed by atoms with Crippen molar-refractivity contribution >= 4 is 28.7 Å². The maximum atomic E-state index is 12.9. The first kappa shape index (κ1) is 33.4. The summed E-state index contributed by atoms with van der Waals surface area (Å²) in [5, 5.41) is 25.5. The van der Waals surface area contributed by atoms with Crippen LogP contribution in [0, 0.1) is 11.1 Å². The number of carbonyl (C=O) groups is 1. The van der Waals surface area contributed by atoms with Crippen LogP contribution in [-0.4, -0.2) is 32.8 Å². The molecule has 10 heteroatoms. The Kier molecular flexibility index (Phi) is 10.1. The van der Waals surface area contributed by atoms with Crippen molar-refractivity contribution in [2.24, 2.45) is 5.92 Å². The smallest absolute Gasteiger partial charge is 0.271 e. The molecule has 1 amide bonds. The zero-order chi connectivity index (χ0) is 34.5. The third-order valence-electron chi connectivity index (χ3n) is 8.86. The van der Waals surface area contributed by atoms with Gasteiger partial charge in [0.1, 0.15) is 5.69 Å². The predicted molar refractivity (Wildman–Crippen MR) is 192 cm³/mol. The van der Waals surface area contributed by atoms with Gasteiger partial charge in [-0.15, -0.1) is 0 Å². The van der Waals surface area contributed by atoms with Gasteiger partial charge < -0.3 is 25.1 Å². The first-order valence-electron chi connectivity index (χ1n) is 16.5. The second kappa shape index (κ2) is 15.2. The lowest BCUT2D eigenvalue weighted by atomic mass is 9.91. The second-order valence-corrected chi connectivity index (χ2v) is 13.3. The van der Waals surface area contributed by atoms with Gasteiger partial charge in [-0.25, -0.2) is 4.98 Å². The molecule has 0 spiro atoms. The molecular weight excluding hydrogens is 649 g/mol. The Morgan fingerprint density at radius 1 is 0.860 bits per heavy atom. The summed E-state index contributed by atoms with van der Waals surface area (Å²) >= 11 is 1.46. The van der Waals surface area contributed by atoms with Crippen LogP contribution in [0.5, 0.6) is 0 Å². The summed E-state index contributed by atoms with van der Waals surface area (Å²) in [4.78, 5) is 21.7. The summed E-state index contributed by atoms with van der Waals surface area (Å²) in [6.07, 6.45) is 1.85. The summed E-state index contributed by atoms with van der Waals surface area (Å²) in [5.74, 6) is 0.261. The SMILES string of the molecule is CC1C(CSc2cccc[n+]2[O-])OC(c2cccc(-c3cccc(CNC(=O)c4cnc5ccccc5n4)c3)c2)OC1c1ccc(CO)cc1. The first-order valence-corrected chi connectivity index (χ1v) is 17.4. The third-order valence-corrected chi connectivity index (χ3v) is 9.97. The van der Waals surface area contributed by atoms with Gasteiger partial charge in [0.25, 0.3) is 10.9 Å². The van der Waals surface area contributed by atoms with Crippen molar-refractivity contribution in [3.8, 4) is 11.1 Å². The highest BCUT2D eigenvalue weighted by Crippen LogP contribution is 2.43. The van der Waals surface area contributed by atoms with Crippen LogP contribution in [0.2, 0.25) is 0 Å². The van der Waals surface area contributed by atoms with Crippen molar-refractivity contribution in [1.82, 2.24) is 15.3 Å². The fraction of sp³-hybridized carbons (Fsp3) is 0.200. The lowest BCUT2D eigenvalue weighted by Crippen LogP contribution is -2.39. The van der Waals surface area contributed by atoms with E-state index in [1.54, 1.807) is 6.07 Å². The molecule has 4 unspecified atom stereocenters. The molecule has 252 valence electrons. The summed E-state index contributed by atoms with van der Waals surface area (Å²) in [7, 11) is 0. The van der Waals surface area contributed by atoms with E-state index >= 15 is 0 Å². The van der Waals surface area contributed by atoms with E-state index in [9.17, 15) is 15.1 Å². The fourth-order valence-corrected chi connectivity index (χ4v) is 7.15. The Balaban J connectivity index is 1.09. The van der Waals surface area contributed by atoms with Crippen molar-refractivity contribution in [1.29, 1.82) is 0 Å². The molecule has 3 heterocycles. The van der Waals surface area contributed by atoms with Crippen LogP contribution in [0.25, 0.3) is 22.2 Å². The number of nitrogens with zero attached hydrogens (tertiary/aromatic N) is 3. The monoisotopic (exact) mass is 684 g/mol. The lowest BCUT2D eigenvalue weighted by molar-refractivity contribution is -0.645. The number of benzene rings is 4. The highest BCUT2D eigenvalue weighted by atomic mass is 32.2. The lowest BCUT2D eigenvalue weighted by Gasteiger charge is -2.41. The molecule has 0 saturated carbocycles. The normalized spacial score (nSPS) is 18.9. The van der Waals surface area contributed by atoms with Gasteiger partial charge in [0.2, 0.25) is 0 Å². The first-order chi connectivity index (χ1) is 24.4. The van der Waals surface area contributed by atoms with Crippen LogP contribution in [-0.2, 0) is 22.6 Å². The van der Waals surface area contributed by atoms with Crippen molar-refractivity contribution in [3.63, 3.8) is 0 Å². The minimum Gasteiger partial charge on any atom is -0.618 e. The van der Waals surface area contributed by atoms with Gasteiger partial charge in [-0.1, -0.05) is 91.5 Å². The molecule has 0 aliphatic carbocycles. The Morgan fingerprint density at radius 2 is 1.62 bits per heavy atom. The van der Waals surface area contributed by atoms with E-state index in [-0.39, 0.29) is 36.3 Å². The number of nitrogens with one attached hydrogen (secondary N) is 1. The number of pyridine rings is 1. The Morgan fingerprint density at radius 3 is 2.42 bits per heavy atom. The molecule has 2 aromatic heterocycles. The number of carbonyl (C=O) groups excluding carboxylic acids is 1. The largest absolute Gasteiger partial charge is 0.618 e. The Bertz CT molecular complexity index is 2110. The quantitative estimate of drug-likeness (QED) is 0.0905. The molecule has 7 rings (SSSR count). The number of hydrogen-bond acceptors (Lipinski definition) is 8. The van der Waals surface area contributed by atoms with Crippen LogP contribution in [0.3, 0.4) is 0 Å². The standard InChI is InChI=1S/C40H36N4O5S/c1-26-36(25-50-37-14-4-5-19-44(37)47)48-40(49-38(26)29-17-15-27(24-45)16-18-29)32-11-7-10-31(21-32)30-9-6-8-28(20-30)22-42-39(46)35-23-41-33-12-2-3-13-34(33)43-35/h2-21,23,26,36,38,40,45H,22,24-25H2,1H3,(H,42,46). The van der Waals surface area contributed by atoms with Crippen LogP contribution < -0.4 is 10.0 Å². The molecule has 9 nitrogen and oxygen atoms in total. The molecule has 4 aromatic carbocycles. The molecule has 1 aliphatic heterocycles. The number of fused-ring (bicyclic) bond motifs is 1. The fourth-order valence-electron chi connectivity index (χ4n) is 6.07. The van der Waals surface area contributed by atoms with Gasteiger partial charge in [-0.2, -0.15) is 4.73 Å². The number of para-hydroxylation sites is 2. The van der Waals surface area contributed by atoms with E-state index in [1.165, 1.54) is 24.2 Å². The van der Waals surface area contributed by atoms with Gasteiger partial charge in [0, 0.05) is 35.9 Å². The van der Waals surface area contributed by atoms with E-state index in [1.807, 2.05) is 97.1 Å². The number of aliphatic hydroxyl groups excluding tert-OH is 1. The van der Waals surface area contributed by atoms with Crippen LogP contribution in [0.15, 0.2) is 133 Å². The number of thioether (sulfide) groups is 1. The van der Waals surface area contributed by atoms with Gasteiger partial charge in [-0.3, -0.25) is 9.78 Å². The van der Waals surface area contributed by atoms with Gasteiger partial charge >= 0.3 is 0 Å². The molecular formula is C40H36N4O5S. The van der Waals surface area contributed by atoms with Crippen LogP contribution >= 0.6 is 11.8 Å². The van der Waals surface area contributed by atoms with E-state index in [4.69, 9.17) is 9.47 Å². The number of aliphatic hydroxyl groups is 1. The van der Waals surface area contributed by atoms with E-state index < -0.39 is 6.29 Å². The van der Waals surface area contributed by atoms with Crippen molar-refractivity contribution in [2.45, 2.75) is 43.6 Å². The molecule has 2 N–H and O–H groups in total. The van der Waals surface area contributed by atoms with Crippen LogP contribution in [0.1, 0.15) is 52.1 Å². The maximum absolute atomic E-state index is 12.9. The van der Waals surface area contributed by atoms with Crippen LogP contribution in [0.4, 0.5) is 0 Å². The molecule has 4 atom stereocenters. The topological polar surface area (TPSA) is 121 Å². The van der Waals surface area contributed by atoms with Crippen molar-refractivity contribution < 1.29 is 24.1 Å². The minimum absolute atomic E-state index is 0.0156. The van der Waals surface area contributed by atoms with E-state index in [2.05, 4.69) is 34.3 Å². The summed E-state index contributed by atoms with van der Waals surface area (Å²) in [6.45, 7) is 2.40. The summed E-state index contributed by atoms with van der Waals surface area (Å²) < 4.78 is 14.2. The van der Waals surface area contributed by atoms with Crippen molar-refractivity contribution in [2.75, 3.05) is 5.75 Å². The maximum Gasteiger partial charge on any atom is 0.271 e. The van der Waals surface area contributed by atoms with Gasteiger partial charge in [0.15, 0.2) is 12.5 Å². The zero-order valence-electron chi connectivity index (χ0n) is 27.4. The molecule has 50 heavy (non-hydrogen) atoms. The summed E-state index contributed by atoms with van der Waals surface area (Å²) in [6, 6.07) is 36.8. The van der Waals surface area contributed by atoms with Gasteiger partial charge in [-0.05, 0) is 58.1 Å². The average molecular weight is 685 g/mol. The Labute approximate surface area is 294 Å². The number of hydrogen-bond donors (Lipinski definition) is 2. The number of ether oxygens (including phenoxy) is 2. The number of aromatic nitrogens is 3. The van der Waals surface area contributed by atoms with E-state index in [0.29, 0.717) is 22.8 Å². The second-order valence-electron chi connectivity index (χ2n) is 12.3. The Hall–Kier alpha value is -5.13. The highest BCUT2D eigenvalue weighted by molar-refractivity contribution is 7.99. The predicted octanol–water partition coefficient (Wildman–Crippen LogP) is 6.94. The molecule has 1 saturated heterocycles. The molecule has 0 radical (unpaired) electrons. The molecule has 1 aliphatic rings. The molecule has 0 bridgehead atoms. The molecule has 1 fully saturated rings. The van der Waals surface area contributed by atoms with Gasteiger partial charge in [0.05, 0.1) is 36.0 Å². The minimum atomic E-state index is -0.653. The number of rotatable bonds is 10. The van der Waals surface area contributed by atoms with Crippen molar-refractivity contribution in [3.05, 3.63) is 161 Å².